The molecule has 7 heteroatoms. The molecule has 25 heavy (non-hydrogen) atoms. The third-order valence-corrected chi connectivity index (χ3v) is 3.40. The van der Waals surface area contributed by atoms with Gasteiger partial charge in [-0.3, -0.25) is 10.1 Å². The van der Waals surface area contributed by atoms with Gasteiger partial charge in [0.25, 0.3) is 5.91 Å². The fourth-order valence-electron chi connectivity index (χ4n) is 2.20. The number of nitrogens with zero attached hydrogens (tertiary/aromatic N) is 2. The molecule has 4 nitrogen and oxygen atoms in total. The van der Waals surface area contributed by atoms with Crippen molar-refractivity contribution >= 4 is 11.9 Å². The molecule has 0 fully saturated rings. The van der Waals surface area contributed by atoms with Gasteiger partial charge in [-0.1, -0.05) is 30.3 Å². The van der Waals surface area contributed by atoms with E-state index in [0.717, 1.165) is 12.1 Å². The zero-order valence-corrected chi connectivity index (χ0v) is 12.8. The van der Waals surface area contributed by atoms with Gasteiger partial charge in [0.15, 0.2) is 0 Å². The van der Waals surface area contributed by atoms with Crippen LogP contribution in [0.2, 0.25) is 0 Å². The predicted octanol–water partition coefficient (Wildman–Crippen LogP) is 4.41. The van der Waals surface area contributed by atoms with E-state index < -0.39 is 17.6 Å². The van der Waals surface area contributed by atoms with Crippen LogP contribution in [0, 0.1) is 0 Å². The number of hydrogen-bond acceptors (Lipinski definition) is 3. The molecule has 3 rings (SSSR count). The Bertz CT molecular complexity index is 895. The van der Waals surface area contributed by atoms with E-state index >= 15 is 0 Å². The molecule has 0 saturated carbocycles. The summed E-state index contributed by atoms with van der Waals surface area (Å²) < 4.78 is 38.5. The van der Waals surface area contributed by atoms with Gasteiger partial charge in [0.2, 0.25) is 5.95 Å². The Kier molecular flexibility index (Phi) is 4.47. The Hall–Kier alpha value is -3.22. The van der Waals surface area contributed by atoms with Crippen LogP contribution < -0.4 is 5.32 Å². The van der Waals surface area contributed by atoms with Gasteiger partial charge in [-0.2, -0.15) is 13.2 Å². The average Bonchev–Trinajstić information content (AvgIpc) is 2.62. The maximum atomic E-state index is 12.8. The predicted molar refractivity (Wildman–Crippen MR) is 86.9 cm³/mol. The quantitative estimate of drug-likeness (QED) is 0.766. The van der Waals surface area contributed by atoms with Gasteiger partial charge in [0, 0.05) is 17.3 Å². The van der Waals surface area contributed by atoms with Crippen LogP contribution in [0.4, 0.5) is 19.1 Å². The van der Waals surface area contributed by atoms with Crippen molar-refractivity contribution in [3.05, 3.63) is 78.0 Å². The monoisotopic (exact) mass is 343 g/mol. The number of alkyl halides is 3. The lowest BCUT2D eigenvalue weighted by Gasteiger charge is -2.09. The van der Waals surface area contributed by atoms with Gasteiger partial charge in [0.05, 0.1) is 11.3 Å². The van der Waals surface area contributed by atoms with Crippen molar-refractivity contribution in [2.75, 3.05) is 5.32 Å². The highest BCUT2D eigenvalue weighted by atomic mass is 19.4. The van der Waals surface area contributed by atoms with Gasteiger partial charge in [0.1, 0.15) is 0 Å². The molecule has 0 aliphatic carbocycles. The number of carbonyl (C=O) groups excluding carboxylic acids is 1. The Labute approximate surface area is 141 Å². The summed E-state index contributed by atoms with van der Waals surface area (Å²) in [5.41, 5.74) is 0.228. The summed E-state index contributed by atoms with van der Waals surface area (Å²) in [5.74, 6) is -0.384. The first-order valence-electron chi connectivity index (χ1n) is 7.30. The van der Waals surface area contributed by atoms with E-state index in [0.29, 0.717) is 5.56 Å². The van der Waals surface area contributed by atoms with E-state index in [1.54, 1.807) is 30.3 Å². The van der Waals surface area contributed by atoms with Crippen molar-refractivity contribution in [1.82, 2.24) is 9.97 Å². The summed E-state index contributed by atoms with van der Waals surface area (Å²) in [5, 5.41) is 2.53. The summed E-state index contributed by atoms with van der Waals surface area (Å²) in [6.45, 7) is 0. The molecule has 0 aliphatic rings. The molecule has 0 aliphatic heterocycles. The number of rotatable bonds is 3. The molecule has 0 spiro atoms. The van der Waals surface area contributed by atoms with Crippen LogP contribution in [0.15, 0.2) is 66.9 Å². The molecule has 0 unspecified atom stereocenters. The van der Waals surface area contributed by atoms with Gasteiger partial charge in [-0.05, 0) is 30.3 Å². The van der Waals surface area contributed by atoms with Gasteiger partial charge < -0.3 is 0 Å². The van der Waals surface area contributed by atoms with E-state index in [2.05, 4.69) is 15.3 Å². The van der Waals surface area contributed by atoms with Crippen molar-refractivity contribution in [1.29, 1.82) is 0 Å². The first-order chi connectivity index (χ1) is 11.9. The Balaban J connectivity index is 1.86. The number of aromatic nitrogens is 2. The molecule has 126 valence electrons. The minimum atomic E-state index is -4.44. The summed E-state index contributed by atoms with van der Waals surface area (Å²) in [6, 6.07) is 14.8. The minimum absolute atomic E-state index is 0.0174. The minimum Gasteiger partial charge on any atom is -0.290 e. The van der Waals surface area contributed by atoms with Crippen molar-refractivity contribution in [3.8, 4) is 11.3 Å². The third kappa shape index (κ3) is 4.00. The van der Waals surface area contributed by atoms with Crippen LogP contribution in [-0.2, 0) is 6.18 Å². The van der Waals surface area contributed by atoms with Crippen molar-refractivity contribution in [2.24, 2.45) is 0 Å². The zero-order valence-electron chi connectivity index (χ0n) is 12.8. The van der Waals surface area contributed by atoms with Crippen LogP contribution in [0.1, 0.15) is 15.9 Å². The molecule has 3 aromatic rings. The summed E-state index contributed by atoms with van der Waals surface area (Å²) in [7, 11) is 0. The van der Waals surface area contributed by atoms with Gasteiger partial charge in [-0.15, -0.1) is 0 Å². The van der Waals surface area contributed by atoms with E-state index in [4.69, 9.17) is 0 Å². The van der Waals surface area contributed by atoms with Crippen molar-refractivity contribution < 1.29 is 18.0 Å². The molecule has 0 bridgehead atoms. The number of nitrogens with one attached hydrogen (secondary N) is 1. The lowest BCUT2D eigenvalue weighted by Crippen LogP contribution is -2.14. The molecule has 1 heterocycles. The normalized spacial score (nSPS) is 11.2. The van der Waals surface area contributed by atoms with Gasteiger partial charge >= 0.3 is 6.18 Å². The van der Waals surface area contributed by atoms with Crippen LogP contribution in [0.25, 0.3) is 11.3 Å². The number of amides is 1. The molecule has 0 atom stereocenters. The lowest BCUT2D eigenvalue weighted by atomic mass is 10.1. The Morgan fingerprint density at radius 3 is 2.44 bits per heavy atom. The van der Waals surface area contributed by atoms with E-state index in [9.17, 15) is 18.0 Å². The maximum absolute atomic E-state index is 12.8. The zero-order chi connectivity index (χ0) is 17.9. The van der Waals surface area contributed by atoms with Crippen molar-refractivity contribution in [3.63, 3.8) is 0 Å². The lowest BCUT2D eigenvalue weighted by molar-refractivity contribution is -0.137. The molecule has 0 radical (unpaired) electrons. The number of anilines is 1. The van der Waals surface area contributed by atoms with Crippen LogP contribution in [-0.4, -0.2) is 15.9 Å². The highest BCUT2D eigenvalue weighted by molar-refractivity contribution is 6.03. The van der Waals surface area contributed by atoms with Crippen molar-refractivity contribution in [2.45, 2.75) is 6.18 Å². The molecular weight excluding hydrogens is 331 g/mol. The smallest absolute Gasteiger partial charge is 0.290 e. The van der Waals surface area contributed by atoms with Crippen LogP contribution in [0.5, 0.6) is 0 Å². The highest BCUT2D eigenvalue weighted by Crippen LogP contribution is 2.31. The molecule has 1 amide bonds. The molecule has 0 saturated heterocycles. The van der Waals surface area contributed by atoms with Gasteiger partial charge in [-0.25, -0.2) is 9.97 Å². The van der Waals surface area contributed by atoms with E-state index in [-0.39, 0.29) is 17.2 Å². The first-order valence-corrected chi connectivity index (χ1v) is 7.30. The molecule has 1 aromatic heterocycles. The average molecular weight is 343 g/mol. The molecular formula is C18H12F3N3O. The Morgan fingerprint density at radius 2 is 1.72 bits per heavy atom. The Morgan fingerprint density at radius 1 is 0.960 bits per heavy atom. The number of hydrogen-bond donors (Lipinski definition) is 1. The number of carbonyl (C=O) groups is 1. The third-order valence-electron chi connectivity index (χ3n) is 3.40. The van der Waals surface area contributed by atoms with E-state index in [1.165, 1.54) is 24.4 Å². The standard InChI is InChI=1S/C18H12F3N3O/c19-18(20,21)14-8-4-7-13(11-14)15-9-10-22-17(23-15)24-16(25)12-5-2-1-3-6-12/h1-11H,(H,22,23,24,25). The molecule has 1 N–H and O–H groups in total. The summed E-state index contributed by atoms with van der Waals surface area (Å²) >= 11 is 0. The second-order valence-corrected chi connectivity index (χ2v) is 5.16. The number of halogens is 3. The molecule has 2 aromatic carbocycles. The van der Waals surface area contributed by atoms with Crippen LogP contribution >= 0.6 is 0 Å². The number of benzene rings is 2. The fourth-order valence-corrected chi connectivity index (χ4v) is 2.20. The second kappa shape index (κ2) is 6.72. The fraction of sp³-hybridized carbons (Fsp3) is 0.0556. The second-order valence-electron chi connectivity index (χ2n) is 5.16. The maximum Gasteiger partial charge on any atom is 0.416 e. The van der Waals surface area contributed by atoms with E-state index in [1.807, 2.05) is 0 Å². The summed E-state index contributed by atoms with van der Waals surface area (Å²) in [6.07, 6.45) is -3.06. The summed E-state index contributed by atoms with van der Waals surface area (Å²) in [4.78, 5) is 20.2. The topological polar surface area (TPSA) is 54.9 Å². The highest BCUT2D eigenvalue weighted by Gasteiger charge is 2.30. The van der Waals surface area contributed by atoms with Crippen LogP contribution in [0.3, 0.4) is 0 Å². The first kappa shape index (κ1) is 16.6. The SMILES string of the molecule is O=C(Nc1nccc(-c2cccc(C(F)(F)F)c2)n1)c1ccccc1. The largest absolute Gasteiger partial charge is 0.416 e.